The second kappa shape index (κ2) is 13.8. The Morgan fingerprint density at radius 3 is 2.32 bits per heavy atom. The van der Waals surface area contributed by atoms with Crippen molar-refractivity contribution in [2.45, 2.75) is 35.9 Å². The monoisotopic (exact) mass is 630 g/mol. The molecule has 44 heavy (non-hydrogen) atoms. The molecule has 14 nitrogen and oxygen atoms in total. The van der Waals surface area contributed by atoms with Crippen LogP contribution < -0.4 is 10.6 Å². The lowest BCUT2D eigenvalue weighted by atomic mass is 10.0. The van der Waals surface area contributed by atoms with Gasteiger partial charge < -0.3 is 45.7 Å². The van der Waals surface area contributed by atoms with Crippen LogP contribution in [0.15, 0.2) is 64.5 Å². The van der Waals surface area contributed by atoms with E-state index >= 15 is 0 Å². The number of nitrogens with two attached hydrogens (primary N) is 1. The molecule has 2 aliphatic heterocycles. The molecule has 0 amide bonds. The molecule has 0 aromatic heterocycles. The first-order valence-electron chi connectivity index (χ1n) is 13.6. The zero-order valence-corrected chi connectivity index (χ0v) is 24.5. The van der Waals surface area contributed by atoms with Crippen LogP contribution in [0.3, 0.4) is 0 Å². The topological polar surface area (TPSA) is 224 Å². The minimum absolute atomic E-state index is 0.0809. The van der Waals surface area contributed by atoms with Crippen LogP contribution in [0.5, 0.6) is 0 Å². The van der Waals surface area contributed by atoms with E-state index in [0.717, 1.165) is 33.3 Å². The zero-order valence-electron chi connectivity index (χ0n) is 23.7. The van der Waals surface area contributed by atoms with E-state index in [9.17, 15) is 18.0 Å². The van der Waals surface area contributed by atoms with Gasteiger partial charge in [-0.15, -0.1) is 0 Å². The smallest absolute Gasteiger partial charge is 0.335 e. The van der Waals surface area contributed by atoms with Crippen LogP contribution in [0.25, 0.3) is 10.8 Å². The number of ether oxygens (including phenoxy) is 1. The predicted molar refractivity (Wildman–Crippen MR) is 160 cm³/mol. The number of sulfonamides is 1. The van der Waals surface area contributed by atoms with Gasteiger partial charge in [-0.2, -0.15) is 4.31 Å². The number of aliphatic imine (C=N–C) groups is 1. The first-order chi connectivity index (χ1) is 20.9. The van der Waals surface area contributed by atoms with E-state index in [4.69, 9.17) is 36.0 Å². The van der Waals surface area contributed by atoms with E-state index in [1.54, 1.807) is 12.1 Å². The van der Waals surface area contributed by atoms with Crippen molar-refractivity contribution in [3.8, 4) is 0 Å². The summed E-state index contributed by atoms with van der Waals surface area (Å²) in [7, 11) is -1.45. The van der Waals surface area contributed by atoms with Gasteiger partial charge in [0.1, 0.15) is 24.1 Å². The van der Waals surface area contributed by atoms with E-state index in [0.29, 0.717) is 43.6 Å². The molecule has 0 unspecified atom stereocenters. The van der Waals surface area contributed by atoms with Gasteiger partial charge in [0, 0.05) is 48.7 Å². The van der Waals surface area contributed by atoms with Crippen LogP contribution in [0.4, 0.5) is 11.4 Å². The molecule has 3 aromatic carbocycles. The van der Waals surface area contributed by atoms with E-state index < -0.39 is 40.4 Å². The molecule has 0 spiro atoms. The molecule has 4 atom stereocenters. The number of carbonyl (C=O) groups excluding carboxylic acids is 1. The van der Waals surface area contributed by atoms with Crippen LogP contribution in [0.2, 0.25) is 0 Å². The number of aliphatic hydroxyl groups excluding tert-OH is 4. The molecular formula is C29H34N4O10S. The lowest BCUT2D eigenvalue weighted by Crippen LogP contribution is -2.48. The number of aldehydes is 1. The van der Waals surface area contributed by atoms with Crippen molar-refractivity contribution >= 4 is 50.3 Å². The fourth-order valence-electron chi connectivity index (χ4n) is 4.88. The quantitative estimate of drug-likeness (QED) is 0.157. The molecular weight excluding hydrogens is 596 g/mol. The number of carboxylic acid groups (broad SMARTS) is 1. The fraction of sp³-hybridized carbons (Fsp3) is 0.345. The van der Waals surface area contributed by atoms with E-state index in [1.807, 2.05) is 37.4 Å². The zero-order chi connectivity index (χ0) is 32.2. The molecule has 0 radical (unpaired) electrons. The Kier molecular flexibility index (Phi) is 10.3. The highest BCUT2D eigenvalue weighted by atomic mass is 32.2. The van der Waals surface area contributed by atoms with E-state index in [2.05, 4.69) is 22.0 Å². The number of morpholine rings is 1. The number of carbonyl (C=O) groups is 2. The van der Waals surface area contributed by atoms with Gasteiger partial charge >= 0.3 is 5.97 Å². The number of amidine groups is 1. The number of aliphatic carboxylic acids is 1. The van der Waals surface area contributed by atoms with Gasteiger partial charge in [0.25, 0.3) is 0 Å². The molecule has 2 aliphatic rings. The predicted octanol–water partition coefficient (Wildman–Crippen LogP) is -0.439. The third-order valence-electron chi connectivity index (χ3n) is 7.29. The lowest BCUT2D eigenvalue weighted by Gasteiger charge is -2.26. The number of hydrogen-bond acceptors (Lipinski definition) is 12. The van der Waals surface area contributed by atoms with Gasteiger partial charge in [0.2, 0.25) is 10.0 Å². The van der Waals surface area contributed by atoms with Crippen molar-refractivity contribution in [1.29, 1.82) is 0 Å². The van der Waals surface area contributed by atoms with Crippen molar-refractivity contribution < 1.29 is 48.3 Å². The van der Waals surface area contributed by atoms with Crippen molar-refractivity contribution in [3.63, 3.8) is 0 Å². The number of rotatable bonds is 10. The van der Waals surface area contributed by atoms with Gasteiger partial charge in [0.05, 0.1) is 23.8 Å². The lowest BCUT2D eigenvalue weighted by molar-refractivity contribution is -0.163. The van der Waals surface area contributed by atoms with Gasteiger partial charge in [-0.1, -0.05) is 30.3 Å². The number of hydrogen-bond donors (Lipinski definition) is 6. The summed E-state index contributed by atoms with van der Waals surface area (Å²) >= 11 is 0. The molecule has 15 heteroatoms. The second-order valence-corrected chi connectivity index (χ2v) is 12.2. The summed E-state index contributed by atoms with van der Waals surface area (Å²) in [5.74, 6) is -1.21. The van der Waals surface area contributed by atoms with Crippen molar-refractivity contribution in [3.05, 3.63) is 65.7 Å². The molecule has 7 N–H and O–H groups in total. The molecule has 2 heterocycles. The Morgan fingerprint density at radius 1 is 1.05 bits per heavy atom. The average molecular weight is 631 g/mol. The highest BCUT2D eigenvalue weighted by molar-refractivity contribution is 7.89. The molecule has 5 rings (SSSR count). The third-order valence-corrected chi connectivity index (χ3v) is 9.20. The Bertz CT molecular complexity index is 1640. The summed E-state index contributed by atoms with van der Waals surface area (Å²) in [4.78, 5) is 26.9. The summed E-state index contributed by atoms with van der Waals surface area (Å²) in [5.41, 5.74) is 10.1. The first kappa shape index (κ1) is 32.9. The molecule has 0 aliphatic carbocycles. The highest BCUT2D eigenvalue weighted by Gasteiger charge is 2.34. The van der Waals surface area contributed by atoms with Crippen molar-refractivity contribution in [2.75, 3.05) is 38.3 Å². The average Bonchev–Trinajstić information content (AvgIpc) is 3.36. The third kappa shape index (κ3) is 6.89. The normalized spacial score (nSPS) is 17.5. The first-order valence-corrected chi connectivity index (χ1v) is 15.0. The Morgan fingerprint density at radius 2 is 1.70 bits per heavy atom. The van der Waals surface area contributed by atoms with E-state index in [1.165, 1.54) is 4.31 Å². The number of aliphatic hydroxyl groups is 4. The van der Waals surface area contributed by atoms with Gasteiger partial charge in [0.15, 0.2) is 12.4 Å². The summed E-state index contributed by atoms with van der Waals surface area (Å²) in [5, 5.41) is 45.4. The van der Waals surface area contributed by atoms with Crippen LogP contribution in [-0.2, 0) is 30.9 Å². The largest absolute Gasteiger partial charge is 0.479 e. The van der Waals surface area contributed by atoms with Crippen LogP contribution in [0.1, 0.15) is 11.1 Å². The Labute approximate surface area is 253 Å². The standard InChI is InChI=1S/C23H24N4O3S.C6H10O7/c1-26(21-10-9-20-22-18(21)3-2-4-19(22)23(24)25-20)15-16-5-7-17(8-6-16)31(28,29)27-11-13-30-14-12-27;7-1-2(8)3(9)4(10)5(11)6(12)13/h2-10H,11-15H2,1H3,(H2,24,25);1-5,8-11H,(H,12,13)/t;2-,3-,4+,5+/m.1/s1. The maximum atomic E-state index is 12.8. The number of nitrogens with zero attached hydrogens (tertiary/aromatic N) is 3. The maximum Gasteiger partial charge on any atom is 0.335 e. The molecule has 236 valence electrons. The Balaban J connectivity index is 0.000000289. The Hall–Kier alpha value is -3.96. The number of carboxylic acids is 1. The minimum atomic E-state index is -3.48. The van der Waals surface area contributed by atoms with Crippen molar-refractivity contribution in [2.24, 2.45) is 10.7 Å². The summed E-state index contributed by atoms with van der Waals surface area (Å²) < 4.78 is 32.4. The molecule has 0 saturated carbocycles. The number of benzene rings is 3. The minimum Gasteiger partial charge on any atom is -0.479 e. The second-order valence-electron chi connectivity index (χ2n) is 10.2. The van der Waals surface area contributed by atoms with Gasteiger partial charge in [-0.25, -0.2) is 18.2 Å². The van der Waals surface area contributed by atoms with Gasteiger partial charge in [-0.05, 0) is 29.8 Å². The summed E-state index contributed by atoms with van der Waals surface area (Å²) in [6.07, 6.45) is -8.39. The highest BCUT2D eigenvalue weighted by Crippen LogP contribution is 2.39. The SMILES string of the molecule is CN(Cc1ccc(S(=O)(=O)N2CCOCC2)cc1)c1ccc2c3c(cccc13)C(N)=N2.O=C[C@@H](O)[C@@H](O)[C@H](O)[C@H](O)C(=O)O. The van der Waals surface area contributed by atoms with Crippen LogP contribution in [-0.4, -0.2) is 114 Å². The van der Waals surface area contributed by atoms with Crippen molar-refractivity contribution in [1.82, 2.24) is 4.31 Å². The molecule has 0 bridgehead atoms. The van der Waals surface area contributed by atoms with Crippen LogP contribution >= 0.6 is 0 Å². The van der Waals surface area contributed by atoms with Crippen LogP contribution in [0, 0.1) is 0 Å². The summed E-state index contributed by atoms with van der Waals surface area (Å²) in [6, 6.07) is 17.3. The molecule has 1 fully saturated rings. The maximum absolute atomic E-state index is 12.8. The fourth-order valence-corrected chi connectivity index (χ4v) is 6.29. The summed E-state index contributed by atoms with van der Waals surface area (Å²) in [6.45, 7) is 2.31. The molecule has 3 aromatic rings. The molecule has 1 saturated heterocycles. The van der Waals surface area contributed by atoms with E-state index in [-0.39, 0.29) is 6.29 Å². The number of anilines is 1. The van der Waals surface area contributed by atoms with Gasteiger partial charge in [-0.3, -0.25) is 0 Å².